The van der Waals surface area contributed by atoms with Crippen LogP contribution in [0.2, 0.25) is 0 Å². The van der Waals surface area contributed by atoms with Gasteiger partial charge in [0.05, 0.1) is 6.54 Å². The van der Waals surface area contributed by atoms with E-state index in [-0.39, 0.29) is 0 Å². The smallest absolute Gasteiger partial charge is 0.122 e. The van der Waals surface area contributed by atoms with Crippen molar-refractivity contribution in [3.05, 3.63) is 18.2 Å². The summed E-state index contributed by atoms with van der Waals surface area (Å²) in [5.74, 6) is 1.93. The Morgan fingerprint density at radius 3 is 2.85 bits per heavy atom. The van der Waals surface area contributed by atoms with Crippen LogP contribution in [0.4, 0.5) is 0 Å². The molecule has 2 unspecified atom stereocenters. The minimum absolute atomic E-state index is 0.700. The van der Waals surface area contributed by atoms with Crippen molar-refractivity contribution in [2.45, 2.75) is 51.6 Å². The molecule has 4 heteroatoms. The van der Waals surface area contributed by atoms with Gasteiger partial charge in [-0.05, 0) is 32.4 Å². The molecule has 1 fully saturated rings. The number of hydrogen-bond acceptors (Lipinski definition) is 3. The predicted molar refractivity (Wildman–Crippen MR) is 83.6 cm³/mol. The molecule has 0 amide bonds. The molecule has 0 aromatic carbocycles. The van der Waals surface area contributed by atoms with E-state index >= 15 is 0 Å². The number of aryl methyl sites for hydroxylation is 1. The van der Waals surface area contributed by atoms with Crippen LogP contribution in [0.1, 0.15) is 44.9 Å². The first-order valence-corrected chi connectivity index (χ1v) is 8.08. The molecule has 1 aliphatic carbocycles. The van der Waals surface area contributed by atoms with Crippen molar-refractivity contribution in [1.82, 2.24) is 19.8 Å². The monoisotopic (exact) mass is 278 g/mol. The van der Waals surface area contributed by atoms with E-state index in [9.17, 15) is 0 Å². The van der Waals surface area contributed by atoms with Crippen molar-refractivity contribution >= 4 is 0 Å². The Labute approximate surface area is 123 Å². The molecule has 114 valence electrons. The summed E-state index contributed by atoms with van der Waals surface area (Å²) in [5, 5.41) is 3.70. The summed E-state index contributed by atoms with van der Waals surface area (Å²) in [6, 6.07) is 0.700. The van der Waals surface area contributed by atoms with Crippen molar-refractivity contribution in [1.29, 1.82) is 0 Å². The van der Waals surface area contributed by atoms with Gasteiger partial charge in [0.2, 0.25) is 0 Å². The molecule has 0 radical (unpaired) electrons. The van der Waals surface area contributed by atoms with Gasteiger partial charge >= 0.3 is 0 Å². The fraction of sp³-hybridized carbons (Fsp3) is 0.812. The first kappa shape index (κ1) is 15.5. The van der Waals surface area contributed by atoms with E-state index in [1.807, 2.05) is 12.4 Å². The molecule has 1 heterocycles. The van der Waals surface area contributed by atoms with E-state index in [1.165, 1.54) is 38.6 Å². The third-order valence-electron chi connectivity index (χ3n) is 4.50. The molecular formula is C16H30N4. The standard InChI is InChI=1S/C16H30N4/c1-4-17-15-9-7-5-6-8-14(15)12-19(2)13-16-18-10-11-20(16)3/h10-11,14-15,17H,4-9,12-13H2,1-3H3. The van der Waals surface area contributed by atoms with Gasteiger partial charge < -0.3 is 9.88 Å². The second kappa shape index (κ2) is 7.79. The molecule has 0 aliphatic heterocycles. The van der Waals surface area contributed by atoms with Crippen molar-refractivity contribution in [2.24, 2.45) is 13.0 Å². The van der Waals surface area contributed by atoms with Crippen LogP contribution in [0.3, 0.4) is 0 Å². The summed E-state index contributed by atoms with van der Waals surface area (Å²) >= 11 is 0. The van der Waals surface area contributed by atoms with Crippen molar-refractivity contribution < 1.29 is 0 Å². The van der Waals surface area contributed by atoms with Crippen molar-refractivity contribution in [3.63, 3.8) is 0 Å². The maximum atomic E-state index is 4.43. The summed E-state index contributed by atoms with van der Waals surface area (Å²) in [5.41, 5.74) is 0. The van der Waals surface area contributed by atoms with E-state index in [0.717, 1.165) is 24.8 Å². The van der Waals surface area contributed by atoms with Gasteiger partial charge in [-0.3, -0.25) is 4.90 Å². The van der Waals surface area contributed by atoms with Gasteiger partial charge in [0.15, 0.2) is 0 Å². The zero-order chi connectivity index (χ0) is 14.4. The number of nitrogens with zero attached hydrogens (tertiary/aromatic N) is 3. The van der Waals surface area contributed by atoms with Gasteiger partial charge in [-0.2, -0.15) is 0 Å². The quantitative estimate of drug-likeness (QED) is 0.811. The summed E-state index contributed by atoms with van der Waals surface area (Å²) < 4.78 is 2.12. The molecule has 1 aromatic heterocycles. The SMILES string of the molecule is CCNC1CCCCCC1CN(C)Cc1nccn1C. The molecule has 4 nitrogen and oxygen atoms in total. The average molecular weight is 278 g/mol. The number of rotatable bonds is 6. The summed E-state index contributed by atoms with van der Waals surface area (Å²) in [6.07, 6.45) is 10.8. The van der Waals surface area contributed by atoms with Crippen molar-refractivity contribution in [2.75, 3.05) is 20.1 Å². The largest absolute Gasteiger partial charge is 0.337 e. The van der Waals surface area contributed by atoms with Crippen LogP contribution in [0, 0.1) is 5.92 Å². The van der Waals surface area contributed by atoms with Crippen molar-refractivity contribution in [3.8, 4) is 0 Å². The van der Waals surface area contributed by atoms with Crippen LogP contribution >= 0.6 is 0 Å². The van der Waals surface area contributed by atoms with Crippen LogP contribution in [-0.2, 0) is 13.6 Å². The van der Waals surface area contributed by atoms with Crippen LogP contribution in [0.15, 0.2) is 12.4 Å². The van der Waals surface area contributed by atoms with Gasteiger partial charge in [0.1, 0.15) is 5.82 Å². The Morgan fingerprint density at radius 1 is 1.35 bits per heavy atom. The van der Waals surface area contributed by atoms with E-state index < -0.39 is 0 Å². The number of nitrogens with one attached hydrogen (secondary N) is 1. The molecule has 20 heavy (non-hydrogen) atoms. The van der Waals surface area contributed by atoms with Gasteiger partial charge in [-0.15, -0.1) is 0 Å². The third-order valence-corrected chi connectivity index (χ3v) is 4.50. The highest BCUT2D eigenvalue weighted by atomic mass is 15.2. The van der Waals surface area contributed by atoms with E-state index in [0.29, 0.717) is 6.04 Å². The van der Waals surface area contributed by atoms with E-state index in [1.54, 1.807) is 0 Å². The van der Waals surface area contributed by atoms with Crippen LogP contribution in [0.5, 0.6) is 0 Å². The lowest BCUT2D eigenvalue weighted by Crippen LogP contribution is -2.41. The topological polar surface area (TPSA) is 33.1 Å². The molecule has 1 aromatic rings. The summed E-state index contributed by atoms with van der Waals surface area (Å²) in [7, 11) is 4.30. The molecule has 1 saturated carbocycles. The Morgan fingerprint density at radius 2 is 2.15 bits per heavy atom. The zero-order valence-electron chi connectivity index (χ0n) is 13.3. The first-order valence-electron chi connectivity index (χ1n) is 8.08. The van der Waals surface area contributed by atoms with Gasteiger partial charge in [-0.25, -0.2) is 4.98 Å². The van der Waals surface area contributed by atoms with E-state index in [2.05, 4.69) is 40.8 Å². The summed E-state index contributed by atoms with van der Waals surface area (Å²) in [6.45, 7) is 5.42. The lowest BCUT2D eigenvalue weighted by atomic mass is 9.94. The Balaban J connectivity index is 1.90. The predicted octanol–water partition coefficient (Wildman–Crippen LogP) is 2.41. The number of hydrogen-bond donors (Lipinski definition) is 1. The molecule has 2 atom stereocenters. The molecule has 1 N–H and O–H groups in total. The van der Waals surface area contributed by atoms with Gasteiger partial charge in [0, 0.05) is 32.0 Å². The maximum Gasteiger partial charge on any atom is 0.122 e. The Kier molecular flexibility index (Phi) is 6.05. The minimum Gasteiger partial charge on any atom is -0.337 e. The highest BCUT2D eigenvalue weighted by molar-refractivity contribution is 4.91. The fourth-order valence-electron chi connectivity index (χ4n) is 3.39. The second-order valence-electron chi connectivity index (χ2n) is 6.21. The van der Waals surface area contributed by atoms with E-state index in [4.69, 9.17) is 0 Å². The van der Waals surface area contributed by atoms with Crippen LogP contribution < -0.4 is 5.32 Å². The number of imidazole rings is 1. The fourth-order valence-corrected chi connectivity index (χ4v) is 3.39. The third kappa shape index (κ3) is 4.32. The van der Waals surface area contributed by atoms with Gasteiger partial charge in [-0.1, -0.05) is 26.2 Å². The lowest BCUT2D eigenvalue weighted by Gasteiger charge is -2.30. The molecule has 0 saturated heterocycles. The highest BCUT2D eigenvalue weighted by Gasteiger charge is 2.24. The molecular weight excluding hydrogens is 248 g/mol. The average Bonchev–Trinajstić information content (AvgIpc) is 2.69. The molecule has 0 bridgehead atoms. The van der Waals surface area contributed by atoms with Crippen LogP contribution in [-0.4, -0.2) is 40.6 Å². The maximum absolute atomic E-state index is 4.43. The molecule has 0 spiro atoms. The Hall–Kier alpha value is -0.870. The summed E-state index contributed by atoms with van der Waals surface area (Å²) in [4.78, 5) is 6.86. The lowest BCUT2D eigenvalue weighted by molar-refractivity contribution is 0.215. The molecule has 2 rings (SSSR count). The number of aromatic nitrogens is 2. The zero-order valence-corrected chi connectivity index (χ0v) is 13.3. The second-order valence-corrected chi connectivity index (χ2v) is 6.21. The van der Waals surface area contributed by atoms with Crippen LogP contribution in [0.25, 0.3) is 0 Å². The highest BCUT2D eigenvalue weighted by Crippen LogP contribution is 2.24. The molecule has 1 aliphatic rings. The van der Waals surface area contributed by atoms with Gasteiger partial charge in [0.25, 0.3) is 0 Å². The Bertz CT molecular complexity index is 388. The first-order chi connectivity index (χ1) is 9.70. The minimum atomic E-state index is 0.700. The normalized spacial score (nSPS) is 24.0.